The van der Waals surface area contributed by atoms with E-state index in [9.17, 15) is 19.5 Å². The minimum absolute atomic E-state index is 0.152. The van der Waals surface area contributed by atoms with Crippen LogP contribution in [0, 0.1) is 31.6 Å². The summed E-state index contributed by atoms with van der Waals surface area (Å²) in [5.41, 5.74) is 1.42. The lowest BCUT2D eigenvalue weighted by atomic mass is 9.70. The number of alkyl halides is 1. The molecule has 3 unspecified atom stereocenters. The van der Waals surface area contributed by atoms with Gasteiger partial charge in [0.25, 0.3) is 5.91 Å². The van der Waals surface area contributed by atoms with Gasteiger partial charge in [0.1, 0.15) is 11.6 Å². The van der Waals surface area contributed by atoms with Gasteiger partial charge in [0.15, 0.2) is 0 Å². The number of ether oxygens (including phenoxy) is 1. The van der Waals surface area contributed by atoms with Gasteiger partial charge in [-0.05, 0) is 50.2 Å². The fraction of sp³-hybridized carbons (Fsp3) is 0.606. The molecular formula is C33H46BrN3O5. The van der Waals surface area contributed by atoms with Gasteiger partial charge < -0.3 is 24.5 Å². The number of carbonyl (C=O) groups excluding carboxylic acids is 3. The Morgan fingerprint density at radius 2 is 1.83 bits per heavy atom. The first-order valence-corrected chi connectivity index (χ1v) is 16.0. The molecule has 1 aromatic carbocycles. The Kier molecular flexibility index (Phi) is 10.1. The molecule has 3 aliphatic rings. The molecule has 0 saturated carbocycles. The zero-order valence-corrected chi connectivity index (χ0v) is 27.2. The number of aliphatic hydroxyl groups excluding tert-OH is 1. The van der Waals surface area contributed by atoms with Gasteiger partial charge in [0, 0.05) is 30.1 Å². The highest BCUT2D eigenvalue weighted by Crippen LogP contribution is 2.61. The van der Waals surface area contributed by atoms with Gasteiger partial charge in [-0.2, -0.15) is 0 Å². The van der Waals surface area contributed by atoms with Gasteiger partial charge in [-0.1, -0.05) is 67.1 Å². The lowest BCUT2D eigenvalue weighted by molar-refractivity contribution is -0.147. The second-order valence-corrected chi connectivity index (χ2v) is 13.6. The Morgan fingerprint density at radius 1 is 1.19 bits per heavy atom. The van der Waals surface area contributed by atoms with Gasteiger partial charge in [-0.3, -0.25) is 14.4 Å². The number of benzene rings is 1. The molecule has 0 aromatic heterocycles. The maximum Gasteiger partial charge on any atom is 0.253 e. The smallest absolute Gasteiger partial charge is 0.253 e. The lowest BCUT2D eigenvalue weighted by Crippen LogP contribution is -2.59. The van der Waals surface area contributed by atoms with Crippen molar-refractivity contribution in [3.8, 4) is 0 Å². The van der Waals surface area contributed by atoms with E-state index in [-0.39, 0.29) is 41.6 Å². The molecule has 0 radical (unpaired) electrons. The fourth-order valence-electron chi connectivity index (χ4n) is 7.57. The van der Waals surface area contributed by atoms with Crippen LogP contribution in [-0.2, 0) is 19.1 Å². The molecule has 7 atom stereocenters. The quantitative estimate of drug-likeness (QED) is 0.254. The van der Waals surface area contributed by atoms with Crippen LogP contribution < -0.4 is 4.90 Å². The highest BCUT2D eigenvalue weighted by atomic mass is 79.9. The average molecular weight is 645 g/mol. The molecule has 3 aliphatic heterocycles. The van der Waals surface area contributed by atoms with Crippen molar-refractivity contribution in [1.82, 2.24) is 9.80 Å². The summed E-state index contributed by atoms with van der Waals surface area (Å²) in [6.45, 7) is 18.6. The molecule has 3 heterocycles. The predicted molar refractivity (Wildman–Crippen MR) is 168 cm³/mol. The molecule has 3 saturated heterocycles. The number of likely N-dealkylation sites (tertiary alicyclic amines) is 1. The summed E-state index contributed by atoms with van der Waals surface area (Å²) in [6.07, 6.45) is 4.52. The van der Waals surface area contributed by atoms with Crippen molar-refractivity contribution in [3.05, 3.63) is 54.6 Å². The van der Waals surface area contributed by atoms with Crippen LogP contribution >= 0.6 is 15.9 Å². The first-order valence-electron chi connectivity index (χ1n) is 15.1. The standard InChI is InChI=1S/C33H46BrN3O5/c1-8-14-35(15-9-2)30(39)25-26-31(40)37(23(19-38)17-20(4)5)29(33(26)18-24(34)28(25)42-33)32(41)36(16-10-3)27-21(6)12-11-13-22(27)7/h8,10-13,20,23-26,28-29,38H,1,3,9,14-19H2,2,4-7H3/t23-,24?,25-,26+,28-,29?,33?/m1/s1. The largest absolute Gasteiger partial charge is 0.394 e. The number of anilines is 1. The molecule has 3 amide bonds. The fourth-order valence-corrected chi connectivity index (χ4v) is 8.51. The molecular weight excluding hydrogens is 598 g/mol. The Labute approximate surface area is 258 Å². The molecule has 1 N–H and O–H groups in total. The topological polar surface area (TPSA) is 90.4 Å². The van der Waals surface area contributed by atoms with Gasteiger partial charge >= 0.3 is 0 Å². The summed E-state index contributed by atoms with van der Waals surface area (Å²) in [6, 6.07) is 4.27. The first-order chi connectivity index (χ1) is 20.0. The maximum absolute atomic E-state index is 14.9. The molecule has 8 nitrogen and oxygen atoms in total. The van der Waals surface area contributed by atoms with E-state index in [0.717, 1.165) is 23.2 Å². The van der Waals surface area contributed by atoms with Crippen LogP contribution in [-0.4, -0.2) is 87.5 Å². The first kappa shape index (κ1) is 32.4. The minimum Gasteiger partial charge on any atom is -0.394 e. The van der Waals surface area contributed by atoms with Gasteiger partial charge in [-0.15, -0.1) is 13.2 Å². The Balaban J connectivity index is 1.88. The van der Waals surface area contributed by atoms with Crippen molar-refractivity contribution in [2.45, 2.75) is 82.5 Å². The lowest BCUT2D eigenvalue weighted by Gasteiger charge is -2.40. The minimum atomic E-state index is -1.21. The van der Waals surface area contributed by atoms with Crippen LogP contribution in [0.15, 0.2) is 43.5 Å². The Hall–Kier alpha value is -2.49. The zero-order valence-electron chi connectivity index (χ0n) is 25.6. The molecule has 3 fully saturated rings. The van der Waals surface area contributed by atoms with E-state index in [2.05, 4.69) is 29.1 Å². The van der Waals surface area contributed by atoms with Gasteiger partial charge in [0.05, 0.1) is 30.6 Å². The summed E-state index contributed by atoms with van der Waals surface area (Å²) in [5, 5.41) is 10.6. The SMILES string of the molecule is C=CCN(CCC)C(=O)[C@H]1[C@@H]2OC3(CC2Br)C(C(=O)N(CC=C)c2c(C)cccc2C)N([C@@H](CO)CC(C)C)C(=O)[C@H]13. The zero-order chi connectivity index (χ0) is 30.9. The summed E-state index contributed by atoms with van der Waals surface area (Å²) >= 11 is 3.77. The highest BCUT2D eigenvalue weighted by Gasteiger charge is 2.77. The van der Waals surface area contributed by atoms with Crippen molar-refractivity contribution in [2.75, 3.05) is 31.1 Å². The van der Waals surface area contributed by atoms with Crippen LogP contribution in [0.1, 0.15) is 51.2 Å². The number of hydrogen-bond acceptors (Lipinski definition) is 5. The summed E-state index contributed by atoms with van der Waals surface area (Å²) in [5.74, 6) is -2.13. The number of aliphatic hydroxyl groups is 1. The van der Waals surface area contributed by atoms with Crippen LogP contribution in [0.25, 0.3) is 0 Å². The molecule has 1 spiro atoms. The number of nitrogens with zero attached hydrogens (tertiary/aromatic N) is 3. The normalized spacial score (nSPS) is 28.6. The maximum atomic E-state index is 14.9. The second kappa shape index (κ2) is 13.0. The van der Waals surface area contributed by atoms with E-state index >= 15 is 0 Å². The molecule has 9 heteroatoms. The number of carbonyl (C=O) groups is 3. The van der Waals surface area contributed by atoms with Crippen LogP contribution in [0.4, 0.5) is 5.69 Å². The third-order valence-corrected chi connectivity index (χ3v) is 9.88. The van der Waals surface area contributed by atoms with E-state index in [1.54, 1.807) is 26.9 Å². The van der Waals surface area contributed by atoms with E-state index in [1.807, 2.05) is 52.8 Å². The number of halogens is 1. The highest BCUT2D eigenvalue weighted by molar-refractivity contribution is 9.09. The van der Waals surface area contributed by atoms with Gasteiger partial charge in [0.2, 0.25) is 11.8 Å². The number of hydrogen-bond donors (Lipinski definition) is 1. The van der Waals surface area contributed by atoms with Crippen LogP contribution in [0.5, 0.6) is 0 Å². The predicted octanol–water partition coefficient (Wildman–Crippen LogP) is 4.40. The molecule has 4 rings (SSSR count). The van der Waals surface area contributed by atoms with Crippen LogP contribution in [0.2, 0.25) is 0 Å². The molecule has 230 valence electrons. The van der Waals surface area contributed by atoms with Crippen LogP contribution in [0.3, 0.4) is 0 Å². The summed E-state index contributed by atoms with van der Waals surface area (Å²) in [7, 11) is 0. The summed E-state index contributed by atoms with van der Waals surface area (Å²) in [4.78, 5) is 48.5. The Bertz CT molecular complexity index is 1200. The monoisotopic (exact) mass is 643 g/mol. The molecule has 42 heavy (non-hydrogen) atoms. The van der Waals surface area contributed by atoms with Crippen molar-refractivity contribution < 1.29 is 24.2 Å². The van der Waals surface area contributed by atoms with Crippen molar-refractivity contribution in [3.63, 3.8) is 0 Å². The Morgan fingerprint density at radius 3 is 2.38 bits per heavy atom. The van der Waals surface area contributed by atoms with Crippen molar-refractivity contribution in [2.24, 2.45) is 17.8 Å². The second-order valence-electron chi connectivity index (χ2n) is 12.4. The summed E-state index contributed by atoms with van der Waals surface area (Å²) < 4.78 is 6.76. The number of rotatable bonds is 13. The van der Waals surface area contributed by atoms with Gasteiger partial charge in [-0.25, -0.2) is 0 Å². The number of aryl methyl sites for hydroxylation is 2. The molecule has 1 aromatic rings. The number of amides is 3. The third kappa shape index (κ3) is 5.37. The molecule has 2 bridgehead atoms. The van der Waals surface area contributed by atoms with E-state index in [1.165, 1.54) is 0 Å². The number of para-hydroxylation sites is 1. The van der Waals surface area contributed by atoms with E-state index < -0.39 is 35.6 Å². The van der Waals surface area contributed by atoms with E-state index in [4.69, 9.17) is 4.74 Å². The van der Waals surface area contributed by atoms with Crippen molar-refractivity contribution >= 4 is 39.3 Å². The third-order valence-electron chi connectivity index (χ3n) is 9.04. The average Bonchev–Trinajstić information content (AvgIpc) is 3.53. The van der Waals surface area contributed by atoms with Crippen molar-refractivity contribution in [1.29, 1.82) is 0 Å². The number of fused-ring (bicyclic) bond motifs is 1. The van der Waals surface area contributed by atoms with E-state index in [0.29, 0.717) is 25.9 Å². The molecule has 0 aliphatic carbocycles.